The van der Waals surface area contributed by atoms with Gasteiger partial charge in [-0.1, -0.05) is 23.7 Å². The summed E-state index contributed by atoms with van der Waals surface area (Å²) in [5, 5.41) is 0.497. The molecule has 0 atom stereocenters. The summed E-state index contributed by atoms with van der Waals surface area (Å²) in [5.41, 5.74) is 0.529. The van der Waals surface area contributed by atoms with E-state index in [2.05, 4.69) is 0 Å². The minimum atomic E-state index is -3.67. The predicted octanol–water partition coefficient (Wildman–Crippen LogP) is 3.95. The van der Waals surface area contributed by atoms with E-state index in [-0.39, 0.29) is 4.90 Å². The van der Waals surface area contributed by atoms with Crippen molar-refractivity contribution in [3.8, 4) is 5.75 Å². The maximum Gasteiger partial charge on any atom is 0.264 e. The van der Waals surface area contributed by atoms with Gasteiger partial charge in [0.05, 0.1) is 17.2 Å². The van der Waals surface area contributed by atoms with Gasteiger partial charge in [-0.25, -0.2) is 8.42 Å². The lowest BCUT2D eigenvalue weighted by atomic mass is 10.3. The van der Waals surface area contributed by atoms with Crippen LogP contribution in [-0.4, -0.2) is 21.6 Å². The Morgan fingerprint density at radius 1 is 1.05 bits per heavy atom. The summed E-state index contributed by atoms with van der Waals surface area (Å²) in [6.07, 6.45) is 0. The van der Waals surface area contributed by atoms with Crippen LogP contribution in [0.15, 0.2) is 53.4 Å². The monoisotopic (exact) mass is 339 g/mol. The molecule has 118 valence electrons. The highest BCUT2D eigenvalue weighted by Gasteiger charge is 2.25. The minimum absolute atomic E-state index is 0.199. The Morgan fingerprint density at radius 3 is 2.27 bits per heavy atom. The largest absolute Gasteiger partial charge is 0.492 e. The minimum Gasteiger partial charge on any atom is -0.492 e. The molecule has 0 spiro atoms. The van der Waals surface area contributed by atoms with Gasteiger partial charge < -0.3 is 4.74 Å². The van der Waals surface area contributed by atoms with Gasteiger partial charge in [-0.05, 0) is 50.2 Å². The molecule has 0 aliphatic heterocycles. The van der Waals surface area contributed by atoms with Crippen LogP contribution in [0, 0.1) is 0 Å². The van der Waals surface area contributed by atoms with Gasteiger partial charge in [-0.2, -0.15) is 0 Å². The zero-order valence-electron chi connectivity index (χ0n) is 12.5. The first-order valence-electron chi connectivity index (χ1n) is 7.00. The third kappa shape index (κ3) is 3.36. The molecular weight excluding hydrogens is 322 g/mol. The summed E-state index contributed by atoms with van der Waals surface area (Å²) in [4.78, 5) is 0.199. The third-order valence-electron chi connectivity index (χ3n) is 3.12. The highest BCUT2D eigenvalue weighted by Crippen LogP contribution is 2.32. The van der Waals surface area contributed by atoms with E-state index >= 15 is 0 Å². The van der Waals surface area contributed by atoms with Crippen molar-refractivity contribution in [3.63, 3.8) is 0 Å². The van der Waals surface area contributed by atoms with E-state index in [1.807, 2.05) is 13.0 Å². The van der Waals surface area contributed by atoms with Crippen LogP contribution in [0.5, 0.6) is 5.75 Å². The first-order valence-corrected chi connectivity index (χ1v) is 8.82. The van der Waals surface area contributed by atoms with Crippen LogP contribution in [0.2, 0.25) is 5.02 Å². The van der Waals surface area contributed by atoms with Gasteiger partial charge in [0.2, 0.25) is 0 Å². The van der Waals surface area contributed by atoms with Crippen LogP contribution in [0.4, 0.5) is 5.69 Å². The Morgan fingerprint density at radius 2 is 1.68 bits per heavy atom. The average molecular weight is 340 g/mol. The molecule has 0 aliphatic rings. The number of ether oxygens (including phenoxy) is 1. The lowest BCUT2D eigenvalue weighted by Crippen LogP contribution is -2.31. The smallest absolute Gasteiger partial charge is 0.264 e. The van der Waals surface area contributed by atoms with Crippen molar-refractivity contribution in [1.82, 2.24) is 0 Å². The van der Waals surface area contributed by atoms with Crippen molar-refractivity contribution < 1.29 is 13.2 Å². The van der Waals surface area contributed by atoms with Gasteiger partial charge in [0.15, 0.2) is 0 Å². The number of anilines is 1. The maximum atomic E-state index is 12.9. The molecular formula is C16H18ClNO3S. The molecule has 0 heterocycles. The van der Waals surface area contributed by atoms with Crippen molar-refractivity contribution >= 4 is 27.3 Å². The van der Waals surface area contributed by atoms with Crippen molar-refractivity contribution in [1.29, 1.82) is 0 Å². The third-order valence-corrected chi connectivity index (χ3v) is 5.28. The molecule has 2 rings (SSSR count). The second kappa shape index (κ2) is 7.03. The lowest BCUT2D eigenvalue weighted by molar-refractivity contribution is 0.341. The molecule has 0 fully saturated rings. The summed E-state index contributed by atoms with van der Waals surface area (Å²) in [5.74, 6) is 0.546. The molecule has 0 N–H and O–H groups in total. The molecule has 0 saturated carbocycles. The quantitative estimate of drug-likeness (QED) is 0.800. The summed E-state index contributed by atoms with van der Waals surface area (Å²) >= 11 is 5.83. The Bertz CT molecular complexity index is 729. The van der Waals surface area contributed by atoms with Gasteiger partial charge in [-0.15, -0.1) is 0 Å². The van der Waals surface area contributed by atoms with Crippen LogP contribution in [0.1, 0.15) is 13.8 Å². The van der Waals surface area contributed by atoms with Gasteiger partial charge >= 0.3 is 0 Å². The van der Waals surface area contributed by atoms with Crippen LogP contribution < -0.4 is 9.04 Å². The van der Waals surface area contributed by atoms with E-state index in [1.165, 1.54) is 16.4 Å². The van der Waals surface area contributed by atoms with Crippen LogP contribution in [0.3, 0.4) is 0 Å². The van der Waals surface area contributed by atoms with Crippen LogP contribution in [0.25, 0.3) is 0 Å². The molecule has 0 amide bonds. The molecule has 0 bridgehead atoms. The molecule has 22 heavy (non-hydrogen) atoms. The SMILES string of the molecule is CCOc1ccccc1N(CC)S(=O)(=O)c1ccc(Cl)cc1. The molecule has 0 aromatic heterocycles. The number of benzene rings is 2. The van der Waals surface area contributed by atoms with Crippen molar-refractivity contribution in [3.05, 3.63) is 53.6 Å². The first kappa shape index (κ1) is 16.6. The van der Waals surface area contributed by atoms with Crippen molar-refractivity contribution in [2.24, 2.45) is 0 Å². The zero-order valence-corrected chi connectivity index (χ0v) is 14.1. The number of hydrogen-bond donors (Lipinski definition) is 0. The van der Waals surface area contributed by atoms with E-state index < -0.39 is 10.0 Å². The fourth-order valence-electron chi connectivity index (χ4n) is 2.14. The summed E-state index contributed by atoms with van der Waals surface area (Å²) < 4.78 is 32.6. The average Bonchev–Trinajstić information content (AvgIpc) is 2.50. The van der Waals surface area contributed by atoms with Gasteiger partial charge in [0.1, 0.15) is 5.75 Å². The van der Waals surface area contributed by atoms with E-state index in [0.717, 1.165) is 0 Å². The highest BCUT2D eigenvalue weighted by molar-refractivity contribution is 7.92. The second-order valence-corrected chi connectivity index (χ2v) is 6.82. The van der Waals surface area contributed by atoms with E-state index in [1.54, 1.807) is 37.3 Å². The van der Waals surface area contributed by atoms with E-state index in [4.69, 9.17) is 16.3 Å². The highest BCUT2D eigenvalue weighted by atomic mass is 35.5. The molecule has 0 aliphatic carbocycles. The molecule has 4 nitrogen and oxygen atoms in total. The fraction of sp³-hybridized carbons (Fsp3) is 0.250. The zero-order chi connectivity index (χ0) is 16.2. The van der Waals surface area contributed by atoms with E-state index in [0.29, 0.717) is 29.6 Å². The number of halogens is 1. The second-order valence-electron chi connectivity index (χ2n) is 4.52. The maximum absolute atomic E-state index is 12.9. The first-order chi connectivity index (χ1) is 10.5. The molecule has 0 radical (unpaired) electrons. The number of nitrogens with zero attached hydrogens (tertiary/aromatic N) is 1. The molecule has 0 unspecified atom stereocenters. The van der Waals surface area contributed by atoms with Gasteiger partial charge in [0.25, 0.3) is 10.0 Å². The Hall–Kier alpha value is -1.72. The topological polar surface area (TPSA) is 46.6 Å². The molecule has 2 aromatic carbocycles. The van der Waals surface area contributed by atoms with Crippen LogP contribution >= 0.6 is 11.6 Å². The number of para-hydroxylation sites is 2. The predicted molar refractivity (Wildman–Crippen MR) is 89.3 cm³/mol. The molecule has 6 heteroatoms. The lowest BCUT2D eigenvalue weighted by Gasteiger charge is -2.25. The molecule has 0 saturated heterocycles. The summed E-state index contributed by atoms with van der Waals surface area (Å²) in [7, 11) is -3.67. The summed E-state index contributed by atoms with van der Waals surface area (Å²) in [6, 6.07) is 13.2. The number of hydrogen-bond acceptors (Lipinski definition) is 3. The van der Waals surface area contributed by atoms with E-state index in [9.17, 15) is 8.42 Å². The Labute approximate surface area is 136 Å². The number of rotatable bonds is 6. The van der Waals surface area contributed by atoms with Gasteiger partial charge in [-0.3, -0.25) is 4.31 Å². The normalized spacial score (nSPS) is 11.2. The Kier molecular flexibility index (Phi) is 5.32. The van der Waals surface area contributed by atoms with Crippen molar-refractivity contribution in [2.75, 3.05) is 17.5 Å². The number of sulfonamides is 1. The van der Waals surface area contributed by atoms with Crippen LogP contribution in [-0.2, 0) is 10.0 Å². The standard InChI is InChI=1S/C16H18ClNO3S/c1-3-18(15-7-5-6-8-16(15)21-4-2)22(19,20)14-11-9-13(17)10-12-14/h5-12H,3-4H2,1-2H3. The van der Waals surface area contributed by atoms with Crippen molar-refractivity contribution in [2.45, 2.75) is 18.7 Å². The Balaban J connectivity index is 2.49. The fourth-order valence-corrected chi connectivity index (χ4v) is 3.75. The summed E-state index contributed by atoms with van der Waals surface area (Å²) in [6.45, 7) is 4.42. The van der Waals surface area contributed by atoms with Gasteiger partial charge in [0, 0.05) is 11.6 Å². The molecule has 2 aromatic rings.